The first-order chi connectivity index (χ1) is 10.9. The van der Waals surface area contributed by atoms with E-state index in [2.05, 4.69) is 22.0 Å². The van der Waals surface area contributed by atoms with E-state index in [1.807, 2.05) is 35.7 Å². The fourth-order valence-corrected chi connectivity index (χ4v) is 2.95. The molecule has 0 aliphatic rings. The van der Waals surface area contributed by atoms with Crippen molar-refractivity contribution in [2.75, 3.05) is 18.1 Å². The molecule has 2 aromatic heterocycles. The van der Waals surface area contributed by atoms with Gasteiger partial charge in [-0.25, -0.2) is 4.98 Å². The van der Waals surface area contributed by atoms with Gasteiger partial charge >= 0.3 is 0 Å². The molecule has 0 fully saturated rings. The fraction of sp³-hybridized carbons (Fsp3) is 0.235. The lowest BCUT2D eigenvalue weighted by Crippen LogP contribution is -2.24. The van der Waals surface area contributed by atoms with Crippen LogP contribution in [0.1, 0.15) is 12.3 Å². The van der Waals surface area contributed by atoms with Gasteiger partial charge in [0.25, 0.3) is 0 Å². The van der Waals surface area contributed by atoms with Crippen LogP contribution in [0.4, 0.5) is 5.69 Å². The summed E-state index contributed by atoms with van der Waals surface area (Å²) in [4.78, 5) is 7.63. The van der Waals surface area contributed by atoms with Crippen molar-refractivity contribution in [3.05, 3.63) is 59.9 Å². The highest BCUT2D eigenvalue weighted by Gasteiger charge is 2.12. The molecule has 0 saturated heterocycles. The highest BCUT2D eigenvalue weighted by molar-refractivity contribution is 7.13. The van der Waals surface area contributed by atoms with Crippen molar-refractivity contribution in [1.29, 1.82) is 0 Å². The predicted octanol–water partition coefficient (Wildman–Crippen LogP) is 3.79. The first-order valence-corrected chi connectivity index (χ1v) is 8.14. The number of aromatic nitrogens is 1. The van der Waals surface area contributed by atoms with Crippen LogP contribution in [-0.4, -0.2) is 23.2 Å². The number of para-hydroxylation sites is 1. The molecular weight excluding hydrogens is 296 g/mol. The lowest BCUT2D eigenvalue weighted by atomic mass is 10.2. The maximum absolute atomic E-state index is 9.09. The quantitative estimate of drug-likeness (QED) is 0.721. The lowest BCUT2D eigenvalue weighted by molar-refractivity contribution is 0.289. The van der Waals surface area contributed by atoms with Gasteiger partial charge in [-0.3, -0.25) is 0 Å². The molecule has 0 saturated carbocycles. The van der Waals surface area contributed by atoms with Crippen molar-refractivity contribution in [3.63, 3.8) is 0 Å². The summed E-state index contributed by atoms with van der Waals surface area (Å²) in [5.74, 6) is 1.49. The average Bonchev–Trinajstić information content (AvgIpc) is 3.23. The van der Waals surface area contributed by atoms with Crippen LogP contribution in [0.3, 0.4) is 0 Å². The van der Waals surface area contributed by atoms with Gasteiger partial charge in [-0.2, -0.15) is 0 Å². The van der Waals surface area contributed by atoms with Gasteiger partial charge in [0.2, 0.25) is 5.89 Å². The second-order valence-corrected chi connectivity index (χ2v) is 5.88. The summed E-state index contributed by atoms with van der Waals surface area (Å²) in [7, 11) is 0. The van der Waals surface area contributed by atoms with E-state index in [4.69, 9.17) is 9.52 Å². The van der Waals surface area contributed by atoms with Crippen LogP contribution in [0.15, 0.2) is 58.5 Å². The zero-order valence-electron chi connectivity index (χ0n) is 12.2. The van der Waals surface area contributed by atoms with E-state index in [1.54, 1.807) is 17.5 Å². The molecule has 3 rings (SSSR count). The summed E-state index contributed by atoms with van der Waals surface area (Å²) in [5, 5.41) is 11.1. The number of hydrogen-bond acceptors (Lipinski definition) is 5. The molecule has 114 valence electrons. The molecule has 1 aromatic carbocycles. The van der Waals surface area contributed by atoms with Gasteiger partial charge in [-0.15, -0.1) is 11.3 Å². The molecular formula is C17H18N2O2S. The van der Waals surface area contributed by atoms with Crippen LogP contribution in [-0.2, 0) is 6.54 Å². The second kappa shape index (κ2) is 7.24. The number of rotatable bonds is 7. The van der Waals surface area contributed by atoms with Crippen molar-refractivity contribution in [2.24, 2.45) is 0 Å². The van der Waals surface area contributed by atoms with Crippen LogP contribution >= 0.6 is 11.3 Å². The number of nitrogens with zero attached hydrogens (tertiary/aromatic N) is 2. The van der Waals surface area contributed by atoms with E-state index >= 15 is 0 Å². The van der Waals surface area contributed by atoms with Crippen molar-refractivity contribution in [1.82, 2.24) is 4.98 Å². The van der Waals surface area contributed by atoms with Crippen molar-refractivity contribution in [2.45, 2.75) is 13.0 Å². The predicted molar refractivity (Wildman–Crippen MR) is 89.0 cm³/mol. The zero-order valence-corrected chi connectivity index (χ0v) is 13.0. The molecule has 5 heteroatoms. The molecule has 0 bridgehead atoms. The number of anilines is 1. The molecule has 0 amide bonds. The first kappa shape index (κ1) is 14.8. The van der Waals surface area contributed by atoms with Gasteiger partial charge in [-0.05, 0) is 30.0 Å². The van der Waals surface area contributed by atoms with Gasteiger partial charge in [0, 0.05) is 18.8 Å². The number of oxazole rings is 1. The molecule has 0 aliphatic carbocycles. The minimum Gasteiger partial charge on any atom is -0.438 e. The van der Waals surface area contributed by atoms with Crippen molar-refractivity contribution in [3.8, 4) is 10.6 Å². The van der Waals surface area contributed by atoms with E-state index < -0.39 is 0 Å². The Balaban J connectivity index is 1.76. The number of benzene rings is 1. The molecule has 4 nitrogen and oxygen atoms in total. The second-order valence-electron chi connectivity index (χ2n) is 4.93. The smallest absolute Gasteiger partial charge is 0.214 e. The molecule has 0 aliphatic heterocycles. The summed E-state index contributed by atoms with van der Waals surface area (Å²) in [5.41, 5.74) is 1.10. The van der Waals surface area contributed by atoms with Crippen molar-refractivity contribution < 1.29 is 9.52 Å². The van der Waals surface area contributed by atoms with Crippen molar-refractivity contribution >= 4 is 17.0 Å². The number of thiophene rings is 1. The average molecular weight is 314 g/mol. The summed E-state index contributed by atoms with van der Waals surface area (Å²) in [6.07, 6.45) is 2.49. The Hall–Kier alpha value is -2.11. The largest absolute Gasteiger partial charge is 0.438 e. The Bertz CT molecular complexity index is 680. The Morgan fingerprint density at radius 3 is 2.73 bits per heavy atom. The highest BCUT2D eigenvalue weighted by Crippen LogP contribution is 2.26. The lowest BCUT2D eigenvalue weighted by Gasteiger charge is -2.22. The van der Waals surface area contributed by atoms with Gasteiger partial charge in [0.05, 0.1) is 17.6 Å². The molecule has 2 heterocycles. The standard InChI is InChI=1S/C17H18N2O2S/c20-10-5-9-19(14-6-2-1-3-7-14)13-17-18-12-15(21-17)16-8-4-11-22-16/h1-4,6-8,11-12,20H,5,9-10,13H2. The summed E-state index contributed by atoms with van der Waals surface area (Å²) in [6.45, 7) is 1.53. The third kappa shape index (κ3) is 3.55. The van der Waals surface area contributed by atoms with E-state index in [9.17, 15) is 0 Å². The molecule has 1 N–H and O–H groups in total. The zero-order chi connectivity index (χ0) is 15.2. The third-order valence-corrected chi connectivity index (χ3v) is 4.24. The molecule has 22 heavy (non-hydrogen) atoms. The number of aliphatic hydroxyl groups excluding tert-OH is 1. The van der Waals surface area contributed by atoms with Gasteiger partial charge in [0.1, 0.15) is 0 Å². The Morgan fingerprint density at radius 1 is 1.14 bits per heavy atom. The first-order valence-electron chi connectivity index (χ1n) is 7.26. The van der Waals surface area contributed by atoms with E-state index in [-0.39, 0.29) is 6.61 Å². The topological polar surface area (TPSA) is 49.5 Å². The molecule has 0 radical (unpaired) electrons. The Morgan fingerprint density at radius 2 is 2.00 bits per heavy atom. The maximum atomic E-state index is 9.09. The van der Waals surface area contributed by atoms with Crippen LogP contribution in [0.2, 0.25) is 0 Å². The Kier molecular flexibility index (Phi) is 4.88. The van der Waals surface area contributed by atoms with Crippen LogP contribution in [0, 0.1) is 0 Å². The summed E-state index contributed by atoms with van der Waals surface area (Å²) in [6, 6.07) is 14.1. The number of hydrogen-bond donors (Lipinski definition) is 1. The van der Waals surface area contributed by atoms with Gasteiger partial charge < -0.3 is 14.4 Å². The molecule has 0 unspecified atom stereocenters. The van der Waals surface area contributed by atoms with E-state index in [1.165, 1.54) is 0 Å². The minimum atomic E-state index is 0.176. The summed E-state index contributed by atoms with van der Waals surface area (Å²) < 4.78 is 5.86. The normalized spacial score (nSPS) is 10.8. The van der Waals surface area contributed by atoms with Crippen LogP contribution in [0.25, 0.3) is 10.6 Å². The van der Waals surface area contributed by atoms with E-state index in [0.29, 0.717) is 18.9 Å². The fourth-order valence-electron chi connectivity index (χ4n) is 2.28. The monoisotopic (exact) mass is 314 g/mol. The summed E-state index contributed by atoms with van der Waals surface area (Å²) >= 11 is 1.64. The SMILES string of the molecule is OCCCN(Cc1ncc(-c2cccs2)o1)c1ccccc1. The third-order valence-electron chi connectivity index (χ3n) is 3.35. The minimum absolute atomic E-state index is 0.176. The highest BCUT2D eigenvalue weighted by atomic mass is 32.1. The van der Waals surface area contributed by atoms with Gasteiger partial charge in [-0.1, -0.05) is 24.3 Å². The molecule has 0 atom stereocenters. The van der Waals surface area contributed by atoms with Crippen LogP contribution in [0.5, 0.6) is 0 Å². The van der Waals surface area contributed by atoms with Gasteiger partial charge in [0.15, 0.2) is 5.76 Å². The maximum Gasteiger partial charge on any atom is 0.214 e. The van der Waals surface area contributed by atoms with E-state index in [0.717, 1.165) is 22.9 Å². The molecule has 0 spiro atoms. The Labute approximate surface area is 133 Å². The number of aliphatic hydroxyl groups is 1. The van der Waals surface area contributed by atoms with Crippen LogP contribution < -0.4 is 4.90 Å². The molecule has 3 aromatic rings.